The highest BCUT2D eigenvalue weighted by Crippen LogP contribution is 2.38. The monoisotopic (exact) mass is 303 g/mol. The quantitative estimate of drug-likeness (QED) is 0.875. The number of rotatable bonds is 6. The van der Waals surface area contributed by atoms with Gasteiger partial charge in [0.25, 0.3) is 0 Å². The van der Waals surface area contributed by atoms with E-state index in [4.69, 9.17) is 9.47 Å². The van der Waals surface area contributed by atoms with Crippen LogP contribution < -0.4 is 10.1 Å². The first-order valence-corrected chi connectivity index (χ1v) is 7.09. The molecule has 3 nitrogen and oxygen atoms in total. The number of alkyl halides is 3. The summed E-state index contributed by atoms with van der Waals surface area (Å²) in [4.78, 5) is 0. The molecule has 2 rings (SSSR count). The van der Waals surface area contributed by atoms with Crippen LogP contribution in [0.4, 0.5) is 13.2 Å². The Bertz CT molecular complexity index is 464. The van der Waals surface area contributed by atoms with Crippen molar-refractivity contribution in [3.05, 3.63) is 29.8 Å². The van der Waals surface area contributed by atoms with E-state index in [0.717, 1.165) is 12.5 Å². The molecule has 1 N–H and O–H groups in total. The minimum atomic E-state index is -4.41. The first-order chi connectivity index (χ1) is 9.97. The second kappa shape index (κ2) is 6.66. The van der Waals surface area contributed by atoms with Gasteiger partial charge in [0.2, 0.25) is 0 Å². The molecule has 1 aromatic carbocycles. The van der Waals surface area contributed by atoms with E-state index in [0.29, 0.717) is 13.0 Å². The summed E-state index contributed by atoms with van der Waals surface area (Å²) in [5.41, 5.74) is -0.743. The standard InChI is InChI=1S/C15H20F3NO2/c1-3-8-20-14-11(19-2)9-13(14)21-12-7-5-4-6-10(12)15(16,17)18/h4-7,11,13-14,19H,3,8-9H2,1-2H3. The zero-order valence-corrected chi connectivity index (χ0v) is 12.1. The molecule has 0 radical (unpaired) electrons. The highest BCUT2D eigenvalue weighted by molar-refractivity contribution is 5.36. The molecule has 1 aliphatic rings. The third-order valence-corrected chi connectivity index (χ3v) is 3.61. The summed E-state index contributed by atoms with van der Waals surface area (Å²) in [6.07, 6.45) is -3.48. The van der Waals surface area contributed by atoms with Gasteiger partial charge in [0, 0.05) is 19.1 Å². The molecule has 0 aliphatic heterocycles. The molecule has 0 bridgehead atoms. The number of hydrogen-bond donors (Lipinski definition) is 1. The molecular formula is C15H20F3NO2. The predicted molar refractivity (Wildman–Crippen MR) is 73.4 cm³/mol. The number of benzene rings is 1. The minimum Gasteiger partial charge on any atom is -0.487 e. The Morgan fingerprint density at radius 1 is 1.29 bits per heavy atom. The fourth-order valence-electron chi connectivity index (χ4n) is 2.42. The van der Waals surface area contributed by atoms with E-state index in [1.807, 2.05) is 14.0 Å². The average molecular weight is 303 g/mol. The second-order valence-corrected chi connectivity index (χ2v) is 5.12. The van der Waals surface area contributed by atoms with Crippen molar-refractivity contribution in [3.63, 3.8) is 0 Å². The van der Waals surface area contributed by atoms with E-state index in [1.54, 1.807) is 6.07 Å². The molecule has 0 saturated heterocycles. The maximum absolute atomic E-state index is 12.9. The van der Waals surface area contributed by atoms with E-state index in [-0.39, 0.29) is 24.0 Å². The zero-order chi connectivity index (χ0) is 15.5. The van der Waals surface area contributed by atoms with E-state index in [2.05, 4.69) is 5.32 Å². The number of nitrogens with one attached hydrogen (secondary N) is 1. The van der Waals surface area contributed by atoms with Crippen molar-refractivity contribution < 1.29 is 22.6 Å². The third-order valence-electron chi connectivity index (χ3n) is 3.61. The zero-order valence-electron chi connectivity index (χ0n) is 12.1. The summed E-state index contributed by atoms with van der Waals surface area (Å²) in [7, 11) is 1.81. The molecular weight excluding hydrogens is 283 g/mol. The number of ether oxygens (including phenoxy) is 2. The predicted octanol–water partition coefficient (Wildman–Crippen LogP) is 3.24. The summed E-state index contributed by atoms with van der Waals surface area (Å²) in [5, 5.41) is 3.09. The lowest BCUT2D eigenvalue weighted by atomic mass is 9.85. The molecule has 1 aliphatic carbocycles. The molecule has 1 fully saturated rings. The van der Waals surface area contributed by atoms with Crippen LogP contribution in [0.1, 0.15) is 25.3 Å². The van der Waals surface area contributed by atoms with Crippen LogP contribution in [0, 0.1) is 0 Å². The first kappa shape index (κ1) is 16.1. The SMILES string of the molecule is CCCOC1C(NC)CC1Oc1ccccc1C(F)(F)F. The van der Waals surface area contributed by atoms with Crippen LogP contribution in [-0.2, 0) is 10.9 Å². The Kier molecular flexibility index (Phi) is 5.11. The summed E-state index contributed by atoms with van der Waals surface area (Å²) in [6, 6.07) is 5.41. The molecule has 1 saturated carbocycles. The van der Waals surface area contributed by atoms with Crippen molar-refractivity contribution in [2.45, 2.75) is 44.2 Å². The number of hydrogen-bond acceptors (Lipinski definition) is 3. The van der Waals surface area contributed by atoms with Crippen molar-refractivity contribution in [1.82, 2.24) is 5.32 Å². The fourth-order valence-corrected chi connectivity index (χ4v) is 2.42. The van der Waals surface area contributed by atoms with E-state index >= 15 is 0 Å². The van der Waals surface area contributed by atoms with Crippen molar-refractivity contribution in [2.75, 3.05) is 13.7 Å². The second-order valence-electron chi connectivity index (χ2n) is 5.12. The van der Waals surface area contributed by atoms with Crippen LogP contribution in [0.5, 0.6) is 5.75 Å². The van der Waals surface area contributed by atoms with Gasteiger partial charge in [-0.3, -0.25) is 0 Å². The smallest absolute Gasteiger partial charge is 0.419 e. The number of halogens is 3. The average Bonchev–Trinajstić information content (AvgIpc) is 2.42. The largest absolute Gasteiger partial charge is 0.487 e. The van der Waals surface area contributed by atoms with E-state index < -0.39 is 11.7 Å². The van der Waals surface area contributed by atoms with Crippen LogP contribution >= 0.6 is 0 Å². The highest BCUT2D eigenvalue weighted by atomic mass is 19.4. The summed E-state index contributed by atoms with van der Waals surface area (Å²) < 4.78 is 50.1. The Morgan fingerprint density at radius 2 is 2.00 bits per heavy atom. The molecule has 21 heavy (non-hydrogen) atoms. The number of para-hydroxylation sites is 1. The molecule has 0 amide bonds. The Morgan fingerprint density at radius 3 is 2.62 bits per heavy atom. The highest BCUT2D eigenvalue weighted by Gasteiger charge is 2.44. The molecule has 6 heteroatoms. The summed E-state index contributed by atoms with van der Waals surface area (Å²) >= 11 is 0. The molecule has 0 heterocycles. The molecule has 118 valence electrons. The maximum atomic E-state index is 12.9. The van der Waals surface area contributed by atoms with Crippen molar-refractivity contribution in [3.8, 4) is 5.75 Å². The Hall–Kier alpha value is -1.27. The first-order valence-electron chi connectivity index (χ1n) is 7.09. The molecule has 0 spiro atoms. The molecule has 3 unspecified atom stereocenters. The van der Waals surface area contributed by atoms with E-state index in [9.17, 15) is 13.2 Å². The molecule has 1 aromatic rings. The molecule has 3 atom stereocenters. The van der Waals surface area contributed by atoms with E-state index in [1.165, 1.54) is 12.1 Å². The van der Waals surface area contributed by atoms with Crippen LogP contribution in [-0.4, -0.2) is 31.9 Å². The third kappa shape index (κ3) is 3.68. The van der Waals surface area contributed by atoms with Gasteiger partial charge in [-0.1, -0.05) is 19.1 Å². The number of likely N-dealkylation sites (N-methyl/N-ethyl adjacent to an activating group) is 1. The van der Waals surface area contributed by atoms with Gasteiger partial charge < -0.3 is 14.8 Å². The van der Waals surface area contributed by atoms with Crippen LogP contribution in [0.15, 0.2) is 24.3 Å². The van der Waals surface area contributed by atoms with Gasteiger partial charge in [-0.25, -0.2) is 0 Å². The lowest BCUT2D eigenvalue weighted by Gasteiger charge is -2.44. The lowest BCUT2D eigenvalue weighted by molar-refractivity contribution is -0.143. The van der Waals surface area contributed by atoms with Crippen LogP contribution in [0.3, 0.4) is 0 Å². The van der Waals surface area contributed by atoms with Gasteiger partial charge >= 0.3 is 6.18 Å². The maximum Gasteiger partial charge on any atom is 0.419 e. The van der Waals surface area contributed by atoms with Gasteiger partial charge in [-0.2, -0.15) is 13.2 Å². The normalized spacial score (nSPS) is 25.5. The van der Waals surface area contributed by atoms with Crippen molar-refractivity contribution in [1.29, 1.82) is 0 Å². The summed E-state index contributed by atoms with van der Waals surface area (Å²) in [5.74, 6) is -0.130. The fraction of sp³-hybridized carbons (Fsp3) is 0.600. The van der Waals surface area contributed by atoms with Gasteiger partial charge in [0.1, 0.15) is 18.0 Å². The van der Waals surface area contributed by atoms with Gasteiger partial charge in [0.15, 0.2) is 0 Å². The van der Waals surface area contributed by atoms with Crippen LogP contribution in [0.25, 0.3) is 0 Å². The van der Waals surface area contributed by atoms with Crippen molar-refractivity contribution >= 4 is 0 Å². The Balaban J connectivity index is 2.08. The lowest BCUT2D eigenvalue weighted by Crippen LogP contribution is -2.60. The molecule has 0 aromatic heterocycles. The van der Waals surface area contributed by atoms with Gasteiger partial charge in [-0.15, -0.1) is 0 Å². The minimum absolute atomic E-state index is 0.125. The van der Waals surface area contributed by atoms with Crippen molar-refractivity contribution in [2.24, 2.45) is 0 Å². The summed E-state index contributed by atoms with van der Waals surface area (Å²) in [6.45, 7) is 2.56. The van der Waals surface area contributed by atoms with Crippen LogP contribution in [0.2, 0.25) is 0 Å². The Labute approximate surface area is 122 Å². The van der Waals surface area contributed by atoms with Gasteiger partial charge in [-0.05, 0) is 25.6 Å². The topological polar surface area (TPSA) is 30.5 Å². The van der Waals surface area contributed by atoms with Gasteiger partial charge in [0.05, 0.1) is 5.56 Å².